The minimum absolute atomic E-state index is 0.218. The fourth-order valence-corrected chi connectivity index (χ4v) is 19.5. The summed E-state index contributed by atoms with van der Waals surface area (Å²) in [6.45, 7) is 19.8. The number of hydrogen-bond donors (Lipinski definition) is 0. The second-order valence-electron chi connectivity index (χ2n) is 11.0. The topological polar surface area (TPSA) is 18.5 Å². The summed E-state index contributed by atoms with van der Waals surface area (Å²) in [5.41, 5.74) is 1.46. The van der Waals surface area contributed by atoms with Gasteiger partial charge in [0.05, 0.1) is 22.3 Å². The zero-order chi connectivity index (χ0) is 21.1. The first-order valence-corrected chi connectivity index (χ1v) is 17.6. The quantitative estimate of drug-likeness (QED) is 0.403. The van der Waals surface area contributed by atoms with E-state index >= 15 is 0 Å². The molecule has 0 aliphatic carbocycles. The van der Waals surface area contributed by atoms with Crippen molar-refractivity contribution in [2.45, 2.75) is 94.5 Å². The van der Waals surface area contributed by atoms with Crippen molar-refractivity contribution in [2.24, 2.45) is 0 Å². The summed E-state index contributed by atoms with van der Waals surface area (Å²) in [7, 11) is -1.48. The van der Waals surface area contributed by atoms with Crippen LogP contribution in [0.4, 0.5) is 0 Å². The van der Waals surface area contributed by atoms with Gasteiger partial charge in [0.1, 0.15) is 0 Å². The second kappa shape index (κ2) is 9.15. The van der Waals surface area contributed by atoms with Gasteiger partial charge in [0, 0.05) is 25.0 Å². The molecule has 0 aromatic heterocycles. The number of hydrogen-bond acceptors (Lipinski definition) is 2. The molecule has 1 heterocycles. The number of benzene rings is 1. The molecule has 1 fully saturated rings. The molecule has 0 bridgehead atoms. The Hall–Kier alpha value is -0.426. The number of ether oxygens (including phenoxy) is 2. The Bertz CT molecular complexity index is 601. The highest BCUT2D eigenvalue weighted by atomic mass is 28.4. The molecule has 0 saturated carbocycles. The second-order valence-corrected chi connectivity index (χ2v) is 22.4. The van der Waals surface area contributed by atoms with Gasteiger partial charge in [0.15, 0.2) is 0 Å². The van der Waals surface area contributed by atoms with Gasteiger partial charge in [-0.3, -0.25) is 0 Å². The minimum Gasteiger partial charge on any atom is -0.385 e. The molecule has 0 amide bonds. The van der Waals surface area contributed by atoms with Gasteiger partial charge < -0.3 is 9.47 Å². The van der Waals surface area contributed by atoms with Crippen molar-refractivity contribution < 1.29 is 9.47 Å². The molecule has 4 heteroatoms. The number of methoxy groups -OCH3 is 1. The molecule has 0 radical (unpaired) electrons. The highest BCUT2D eigenvalue weighted by Gasteiger charge is 2.64. The maximum atomic E-state index is 6.56. The van der Waals surface area contributed by atoms with Gasteiger partial charge in [0.25, 0.3) is 0 Å². The van der Waals surface area contributed by atoms with Crippen LogP contribution < -0.4 is 0 Å². The molecule has 2 atom stereocenters. The highest BCUT2D eigenvalue weighted by Crippen LogP contribution is 2.61. The number of aryl methyl sites for hydroxylation is 1. The van der Waals surface area contributed by atoms with E-state index in [9.17, 15) is 0 Å². The molecular formula is C24H44O2Si2. The van der Waals surface area contributed by atoms with Crippen molar-refractivity contribution in [3.8, 4) is 0 Å². The van der Waals surface area contributed by atoms with Crippen LogP contribution in [-0.4, -0.2) is 42.6 Å². The summed E-state index contributed by atoms with van der Waals surface area (Å²) < 4.78 is 12.8. The van der Waals surface area contributed by atoms with Crippen LogP contribution in [0.5, 0.6) is 0 Å². The van der Waals surface area contributed by atoms with Crippen LogP contribution in [0.3, 0.4) is 0 Å². The average molecular weight is 421 g/mol. The predicted molar refractivity (Wildman–Crippen MR) is 128 cm³/mol. The molecule has 1 aliphatic heterocycles. The van der Waals surface area contributed by atoms with Crippen molar-refractivity contribution in [1.29, 1.82) is 0 Å². The van der Waals surface area contributed by atoms with E-state index in [1.807, 2.05) is 7.11 Å². The fraction of sp³-hybridized carbons (Fsp3) is 0.750. The number of rotatable bonds is 9. The van der Waals surface area contributed by atoms with Crippen molar-refractivity contribution in [3.05, 3.63) is 35.9 Å². The van der Waals surface area contributed by atoms with E-state index in [-0.39, 0.29) is 4.66 Å². The van der Waals surface area contributed by atoms with Gasteiger partial charge in [-0.25, -0.2) is 0 Å². The Morgan fingerprint density at radius 2 is 1.68 bits per heavy atom. The smallest absolute Gasteiger partial charge is 0.0625 e. The van der Waals surface area contributed by atoms with Crippen molar-refractivity contribution in [3.63, 3.8) is 0 Å². The largest absolute Gasteiger partial charge is 0.385 e. The van der Waals surface area contributed by atoms with E-state index in [4.69, 9.17) is 9.47 Å². The maximum Gasteiger partial charge on any atom is 0.0625 e. The lowest BCUT2D eigenvalue weighted by molar-refractivity contribution is -0.0183. The van der Waals surface area contributed by atoms with Gasteiger partial charge in [-0.15, -0.1) is 0 Å². The summed E-state index contributed by atoms with van der Waals surface area (Å²) in [5.74, 6) is 0. The Morgan fingerprint density at radius 1 is 1.04 bits per heavy atom. The first-order valence-electron chi connectivity index (χ1n) is 11.1. The van der Waals surface area contributed by atoms with Crippen molar-refractivity contribution in [2.75, 3.05) is 20.3 Å². The molecule has 0 spiro atoms. The molecule has 0 N–H and O–H groups in total. The molecule has 2 rings (SSSR count). The van der Waals surface area contributed by atoms with Crippen molar-refractivity contribution in [1.82, 2.24) is 0 Å². The van der Waals surface area contributed by atoms with Gasteiger partial charge >= 0.3 is 0 Å². The molecule has 1 aromatic rings. The first kappa shape index (κ1) is 23.8. The summed E-state index contributed by atoms with van der Waals surface area (Å²) in [4.78, 5) is 0. The third-order valence-electron chi connectivity index (χ3n) is 8.13. The lowest BCUT2D eigenvalue weighted by Gasteiger charge is -2.62. The predicted octanol–water partition coefficient (Wildman–Crippen LogP) is 6.94. The zero-order valence-electron chi connectivity index (χ0n) is 19.7. The zero-order valence-corrected chi connectivity index (χ0v) is 21.7. The van der Waals surface area contributed by atoms with Gasteiger partial charge in [-0.1, -0.05) is 76.9 Å². The third kappa shape index (κ3) is 4.50. The normalized spacial score (nSPS) is 21.4. The van der Waals surface area contributed by atoms with Crippen molar-refractivity contribution >= 4 is 16.1 Å². The summed E-state index contributed by atoms with van der Waals surface area (Å²) in [6, 6.07) is 11.0. The van der Waals surface area contributed by atoms with E-state index in [0.717, 1.165) is 19.6 Å². The molecule has 160 valence electrons. The van der Waals surface area contributed by atoms with E-state index in [1.54, 1.807) is 0 Å². The molecule has 2 nitrogen and oxygen atoms in total. The maximum absolute atomic E-state index is 6.56. The van der Waals surface area contributed by atoms with Crippen LogP contribution in [-0.2, 0) is 15.9 Å². The molecule has 2 unspecified atom stereocenters. The Morgan fingerprint density at radius 3 is 2.18 bits per heavy atom. The van der Waals surface area contributed by atoms with Gasteiger partial charge in [-0.05, 0) is 42.7 Å². The van der Waals surface area contributed by atoms with Crippen LogP contribution in [0.15, 0.2) is 30.3 Å². The Labute approximate surface area is 176 Å². The van der Waals surface area contributed by atoms with Gasteiger partial charge in [0.2, 0.25) is 0 Å². The fourth-order valence-electron chi connectivity index (χ4n) is 5.69. The lowest BCUT2D eigenvalue weighted by Crippen LogP contribution is -2.68. The summed E-state index contributed by atoms with van der Waals surface area (Å²) in [6.07, 6.45) is 6.48. The molecule has 1 aliphatic rings. The SMILES string of the molecule is COCC(C1CCCCO1)([Si](C)(C)C)[Si](C)(C)C(C)(C)CCc1ccccc1. The van der Waals surface area contributed by atoms with Gasteiger partial charge in [-0.2, -0.15) is 0 Å². The molecule has 1 aromatic carbocycles. The monoisotopic (exact) mass is 420 g/mol. The Balaban J connectivity index is 2.42. The van der Waals surface area contributed by atoms with Crippen LogP contribution in [0.1, 0.15) is 45.1 Å². The molecule has 28 heavy (non-hydrogen) atoms. The first-order chi connectivity index (χ1) is 13.0. The third-order valence-corrected chi connectivity index (χ3v) is 21.7. The standard InChI is InChI=1S/C24H44O2Si2/c1-23(2,18-17-21-14-10-9-11-15-21)28(7,8)24(20-25-3,27(4,5)6)22-16-12-13-19-26-22/h9-11,14-15,22H,12-13,16-20H2,1-8H3. The minimum atomic E-state index is -1.80. The average Bonchev–Trinajstić information content (AvgIpc) is 2.64. The summed E-state index contributed by atoms with van der Waals surface area (Å²) in [5, 5.41) is 0.308. The van der Waals surface area contributed by atoms with Crippen LogP contribution in [0.2, 0.25) is 42.4 Å². The van der Waals surface area contributed by atoms with E-state index in [1.165, 1.54) is 31.2 Å². The van der Waals surface area contributed by atoms with E-state index in [2.05, 4.69) is 76.9 Å². The van der Waals surface area contributed by atoms with E-state index < -0.39 is 16.1 Å². The Kier molecular flexibility index (Phi) is 7.80. The molecule has 1 saturated heterocycles. The lowest BCUT2D eigenvalue weighted by atomic mass is 10.0. The van der Waals surface area contributed by atoms with Crippen LogP contribution >= 0.6 is 0 Å². The summed E-state index contributed by atoms with van der Waals surface area (Å²) >= 11 is 0. The van der Waals surface area contributed by atoms with E-state index in [0.29, 0.717) is 11.1 Å². The molecular weight excluding hydrogens is 376 g/mol. The van der Waals surface area contributed by atoms with Crippen LogP contribution in [0.25, 0.3) is 0 Å². The van der Waals surface area contributed by atoms with Crippen LogP contribution in [0, 0.1) is 0 Å². The highest BCUT2D eigenvalue weighted by molar-refractivity contribution is 7.00.